The lowest BCUT2D eigenvalue weighted by molar-refractivity contribution is -0.141. The van der Waals surface area contributed by atoms with Gasteiger partial charge in [-0.15, -0.1) is 0 Å². The monoisotopic (exact) mass is 244 g/mol. The number of nitrogens with one attached hydrogen (secondary N) is 1. The first-order valence-corrected chi connectivity index (χ1v) is 5.06. The van der Waals surface area contributed by atoms with Crippen molar-refractivity contribution in [1.29, 1.82) is 0 Å². The van der Waals surface area contributed by atoms with Crippen LogP contribution in [0, 0.1) is 0 Å². The minimum absolute atomic E-state index is 0.0814. The molecule has 0 radical (unpaired) electrons. The molecule has 17 heavy (non-hydrogen) atoms. The summed E-state index contributed by atoms with van der Waals surface area (Å²) in [5, 5.41) is 6.44. The molecule has 0 aliphatic rings. The Balaban J connectivity index is 2.53. The van der Waals surface area contributed by atoms with Gasteiger partial charge in [-0.2, -0.15) is 18.3 Å². The third kappa shape index (κ3) is 2.32. The number of hydrogen-bond acceptors (Lipinski definition) is 3. The van der Waals surface area contributed by atoms with Crippen LogP contribution in [0.5, 0.6) is 0 Å². The SMILES string of the molecule is CC(C)Nc1nccn2nc(C(F)(F)F)cc12. The van der Waals surface area contributed by atoms with Gasteiger partial charge in [-0.3, -0.25) is 0 Å². The fourth-order valence-corrected chi connectivity index (χ4v) is 1.45. The van der Waals surface area contributed by atoms with Crippen molar-refractivity contribution in [2.75, 3.05) is 5.32 Å². The molecule has 2 aromatic rings. The lowest BCUT2D eigenvalue weighted by Gasteiger charge is -2.09. The maximum atomic E-state index is 12.5. The summed E-state index contributed by atoms with van der Waals surface area (Å²) in [6, 6.07) is 1.07. The standard InChI is InChI=1S/C10H11F3N4/c1-6(2)15-9-7-5-8(10(11,12)13)16-17(7)4-3-14-9/h3-6H,1-2H3,(H,14,15). The van der Waals surface area contributed by atoms with E-state index in [0.717, 1.165) is 6.07 Å². The third-order valence-electron chi connectivity index (χ3n) is 2.11. The average molecular weight is 244 g/mol. The molecule has 0 spiro atoms. The Morgan fingerprint density at radius 1 is 1.35 bits per heavy atom. The molecule has 0 fully saturated rings. The van der Waals surface area contributed by atoms with E-state index in [2.05, 4.69) is 15.4 Å². The summed E-state index contributed by atoms with van der Waals surface area (Å²) < 4.78 is 38.7. The number of anilines is 1. The molecule has 0 amide bonds. The maximum absolute atomic E-state index is 12.5. The van der Waals surface area contributed by atoms with Crippen molar-refractivity contribution in [2.24, 2.45) is 0 Å². The van der Waals surface area contributed by atoms with Crippen LogP contribution < -0.4 is 5.32 Å². The highest BCUT2D eigenvalue weighted by molar-refractivity contribution is 5.68. The molecule has 0 saturated heterocycles. The van der Waals surface area contributed by atoms with Crippen LogP contribution in [0.15, 0.2) is 18.5 Å². The minimum Gasteiger partial charge on any atom is -0.366 e. The summed E-state index contributed by atoms with van der Waals surface area (Å²) in [7, 11) is 0. The van der Waals surface area contributed by atoms with Crippen molar-refractivity contribution < 1.29 is 13.2 Å². The van der Waals surface area contributed by atoms with E-state index >= 15 is 0 Å². The highest BCUT2D eigenvalue weighted by Crippen LogP contribution is 2.30. The topological polar surface area (TPSA) is 42.2 Å². The van der Waals surface area contributed by atoms with E-state index in [1.54, 1.807) is 0 Å². The quantitative estimate of drug-likeness (QED) is 0.882. The van der Waals surface area contributed by atoms with Crippen LogP contribution in [0.25, 0.3) is 5.52 Å². The van der Waals surface area contributed by atoms with Crippen LogP contribution in [0.4, 0.5) is 19.0 Å². The molecule has 1 N–H and O–H groups in total. The first-order valence-electron chi connectivity index (χ1n) is 5.06. The summed E-state index contributed by atoms with van der Waals surface area (Å²) in [6.45, 7) is 3.76. The van der Waals surface area contributed by atoms with Crippen molar-refractivity contribution in [1.82, 2.24) is 14.6 Å². The lowest BCUT2D eigenvalue weighted by atomic mass is 10.3. The summed E-state index contributed by atoms with van der Waals surface area (Å²) in [5.74, 6) is 0.394. The Labute approximate surface area is 95.5 Å². The Hall–Kier alpha value is -1.79. The van der Waals surface area contributed by atoms with Crippen LogP contribution in [0.1, 0.15) is 19.5 Å². The second kappa shape index (κ2) is 3.90. The normalized spacial score (nSPS) is 12.4. The summed E-state index contributed by atoms with van der Waals surface area (Å²) >= 11 is 0. The molecule has 92 valence electrons. The van der Waals surface area contributed by atoms with E-state index in [4.69, 9.17) is 0 Å². The molecule has 2 aromatic heterocycles. The number of aromatic nitrogens is 3. The zero-order valence-corrected chi connectivity index (χ0v) is 9.28. The predicted octanol–water partition coefficient (Wildman–Crippen LogP) is 2.57. The molecule has 4 nitrogen and oxygen atoms in total. The zero-order chi connectivity index (χ0) is 12.6. The number of hydrogen-bond donors (Lipinski definition) is 1. The van der Waals surface area contributed by atoms with Gasteiger partial charge in [0.05, 0.1) is 0 Å². The van der Waals surface area contributed by atoms with Gasteiger partial charge >= 0.3 is 6.18 Å². The van der Waals surface area contributed by atoms with Crippen LogP contribution in [0.3, 0.4) is 0 Å². The number of alkyl halides is 3. The van der Waals surface area contributed by atoms with Crippen LogP contribution >= 0.6 is 0 Å². The molecule has 0 aromatic carbocycles. The Morgan fingerprint density at radius 3 is 2.65 bits per heavy atom. The number of halogens is 3. The second-order valence-electron chi connectivity index (χ2n) is 3.93. The molecule has 7 heteroatoms. The van der Waals surface area contributed by atoms with Crippen molar-refractivity contribution >= 4 is 11.3 Å². The van der Waals surface area contributed by atoms with Gasteiger partial charge in [-0.25, -0.2) is 9.50 Å². The van der Waals surface area contributed by atoms with Crippen LogP contribution in [-0.2, 0) is 6.18 Å². The minimum atomic E-state index is -4.44. The van der Waals surface area contributed by atoms with Crippen LogP contribution in [0.2, 0.25) is 0 Å². The molecule has 0 aliphatic heterocycles. The zero-order valence-electron chi connectivity index (χ0n) is 9.28. The summed E-state index contributed by atoms with van der Waals surface area (Å²) in [6.07, 6.45) is -1.65. The van der Waals surface area contributed by atoms with Gasteiger partial charge in [0.2, 0.25) is 0 Å². The Morgan fingerprint density at radius 2 is 2.06 bits per heavy atom. The van der Waals surface area contributed by atoms with E-state index < -0.39 is 11.9 Å². The Bertz CT molecular complexity index is 530. The predicted molar refractivity (Wildman–Crippen MR) is 56.7 cm³/mol. The van der Waals surface area contributed by atoms with Crippen molar-refractivity contribution in [3.63, 3.8) is 0 Å². The van der Waals surface area contributed by atoms with Crippen LogP contribution in [-0.4, -0.2) is 20.6 Å². The number of nitrogens with zero attached hydrogens (tertiary/aromatic N) is 3. The fourth-order valence-electron chi connectivity index (χ4n) is 1.45. The molecule has 2 heterocycles. The van der Waals surface area contributed by atoms with E-state index in [-0.39, 0.29) is 6.04 Å². The van der Waals surface area contributed by atoms with Crippen molar-refractivity contribution in [2.45, 2.75) is 26.1 Å². The smallest absolute Gasteiger partial charge is 0.366 e. The first kappa shape index (κ1) is 11.7. The molecule has 0 aliphatic carbocycles. The summed E-state index contributed by atoms with van der Waals surface area (Å²) in [5.41, 5.74) is -0.606. The van der Waals surface area contributed by atoms with Gasteiger partial charge in [-0.1, -0.05) is 0 Å². The van der Waals surface area contributed by atoms with Gasteiger partial charge in [0.25, 0.3) is 0 Å². The van der Waals surface area contributed by atoms with Gasteiger partial charge in [0, 0.05) is 24.5 Å². The van der Waals surface area contributed by atoms with Gasteiger partial charge in [0.1, 0.15) is 5.52 Å². The molecule has 0 saturated carbocycles. The van der Waals surface area contributed by atoms with E-state index in [9.17, 15) is 13.2 Å². The molecule has 0 atom stereocenters. The van der Waals surface area contributed by atoms with E-state index in [1.165, 1.54) is 16.9 Å². The lowest BCUT2D eigenvalue weighted by Crippen LogP contribution is -2.11. The third-order valence-corrected chi connectivity index (χ3v) is 2.11. The second-order valence-corrected chi connectivity index (χ2v) is 3.93. The molecule has 2 rings (SSSR count). The Kier molecular flexibility index (Phi) is 2.68. The number of fused-ring (bicyclic) bond motifs is 1. The number of rotatable bonds is 2. The highest BCUT2D eigenvalue weighted by atomic mass is 19.4. The van der Waals surface area contributed by atoms with Crippen molar-refractivity contribution in [3.05, 3.63) is 24.2 Å². The molecular formula is C10H11F3N4. The van der Waals surface area contributed by atoms with Gasteiger partial charge in [-0.05, 0) is 13.8 Å². The van der Waals surface area contributed by atoms with E-state index in [0.29, 0.717) is 11.3 Å². The van der Waals surface area contributed by atoms with Crippen molar-refractivity contribution in [3.8, 4) is 0 Å². The van der Waals surface area contributed by atoms with Gasteiger partial charge in [0.15, 0.2) is 11.5 Å². The molecule has 0 bridgehead atoms. The molecule has 0 unspecified atom stereocenters. The van der Waals surface area contributed by atoms with Gasteiger partial charge < -0.3 is 5.32 Å². The molecular weight excluding hydrogens is 233 g/mol. The summed E-state index contributed by atoms with van der Waals surface area (Å²) in [4.78, 5) is 4.00. The average Bonchev–Trinajstić information content (AvgIpc) is 2.60. The maximum Gasteiger partial charge on any atom is 0.435 e. The largest absolute Gasteiger partial charge is 0.435 e. The fraction of sp³-hybridized carbons (Fsp3) is 0.400. The van der Waals surface area contributed by atoms with E-state index in [1.807, 2.05) is 13.8 Å². The highest BCUT2D eigenvalue weighted by Gasteiger charge is 2.34. The first-order chi connectivity index (χ1) is 7.88.